The van der Waals surface area contributed by atoms with Gasteiger partial charge in [-0.2, -0.15) is 0 Å². The third-order valence-corrected chi connectivity index (χ3v) is 3.92. The number of carbonyl (C=O) groups is 1. The van der Waals surface area contributed by atoms with E-state index in [2.05, 4.69) is 27.8 Å². The van der Waals surface area contributed by atoms with Crippen LogP contribution in [-0.2, 0) is 0 Å². The second-order valence-electron chi connectivity index (χ2n) is 5.50. The lowest BCUT2D eigenvalue weighted by Crippen LogP contribution is -2.30. The van der Waals surface area contributed by atoms with E-state index in [4.69, 9.17) is 0 Å². The number of nitrogens with zero attached hydrogens (tertiary/aromatic N) is 2. The minimum Gasteiger partial charge on any atom is -0.338 e. The van der Waals surface area contributed by atoms with E-state index in [1.807, 2.05) is 18.2 Å². The lowest BCUT2D eigenvalue weighted by molar-refractivity contribution is -0.384. The maximum Gasteiger partial charge on any atom is 0.319 e. The van der Waals surface area contributed by atoms with Gasteiger partial charge in [0.2, 0.25) is 0 Å². The molecule has 0 saturated heterocycles. The lowest BCUT2D eigenvalue weighted by atomic mass is 10.1. The smallest absolute Gasteiger partial charge is 0.319 e. The summed E-state index contributed by atoms with van der Waals surface area (Å²) in [5, 5.41) is 16.1. The lowest BCUT2D eigenvalue weighted by Gasteiger charge is -2.07. The van der Waals surface area contributed by atoms with Crippen LogP contribution in [0.2, 0.25) is 0 Å². The summed E-state index contributed by atoms with van der Waals surface area (Å²) in [5.41, 5.74) is 1.19. The molecule has 1 fully saturated rings. The predicted octanol–water partition coefficient (Wildman–Crippen LogP) is 2.92. The fourth-order valence-electron chi connectivity index (χ4n) is 2.61. The largest absolute Gasteiger partial charge is 0.338 e. The molecule has 23 heavy (non-hydrogen) atoms. The molecule has 1 heterocycles. The SMILES string of the molecule is O=C(NC[C@H]1C[C@@H]1c1ccccc1)Nc1ccncc1[N+](=O)[O-]. The van der Waals surface area contributed by atoms with E-state index < -0.39 is 11.0 Å². The van der Waals surface area contributed by atoms with Gasteiger partial charge >= 0.3 is 11.7 Å². The number of hydrogen-bond donors (Lipinski definition) is 2. The summed E-state index contributed by atoms with van der Waals surface area (Å²) < 4.78 is 0. The highest BCUT2D eigenvalue weighted by molar-refractivity contribution is 5.91. The summed E-state index contributed by atoms with van der Waals surface area (Å²) in [7, 11) is 0. The molecule has 0 aliphatic heterocycles. The Bertz CT molecular complexity index is 720. The quantitative estimate of drug-likeness (QED) is 0.655. The Morgan fingerprint density at radius 3 is 2.83 bits per heavy atom. The van der Waals surface area contributed by atoms with E-state index in [1.54, 1.807) is 0 Å². The molecule has 1 aromatic carbocycles. The average Bonchev–Trinajstić information content (AvgIpc) is 3.34. The first-order valence-corrected chi connectivity index (χ1v) is 7.33. The average molecular weight is 312 g/mol. The number of pyridine rings is 1. The third kappa shape index (κ3) is 3.63. The first-order chi connectivity index (χ1) is 11.1. The highest BCUT2D eigenvalue weighted by Crippen LogP contribution is 2.46. The van der Waals surface area contributed by atoms with Gasteiger partial charge in [-0.25, -0.2) is 4.79 Å². The molecule has 118 valence electrons. The van der Waals surface area contributed by atoms with Crippen LogP contribution < -0.4 is 10.6 Å². The van der Waals surface area contributed by atoms with E-state index in [1.165, 1.54) is 17.8 Å². The van der Waals surface area contributed by atoms with Crippen LogP contribution in [-0.4, -0.2) is 22.5 Å². The summed E-state index contributed by atoms with van der Waals surface area (Å²) in [6, 6.07) is 11.1. The van der Waals surface area contributed by atoms with Gasteiger partial charge in [0.15, 0.2) is 0 Å². The zero-order chi connectivity index (χ0) is 16.2. The first kappa shape index (κ1) is 15.0. The molecule has 0 spiro atoms. The fourth-order valence-corrected chi connectivity index (χ4v) is 2.61. The standard InChI is InChI=1S/C16H16N4O3/c21-16(19-14-6-7-17-10-15(14)20(22)23)18-9-12-8-13(12)11-4-2-1-3-5-11/h1-7,10,12-13H,8-9H2,(H2,17,18,19,21)/t12-,13-/m1/s1. The Balaban J connectivity index is 1.51. The molecule has 0 bridgehead atoms. The molecule has 7 heteroatoms. The van der Waals surface area contributed by atoms with Crippen molar-refractivity contribution in [1.82, 2.24) is 10.3 Å². The monoisotopic (exact) mass is 312 g/mol. The van der Waals surface area contributed by atoms with Crippen LogP contribution in [0.4, 0.5) is 16.2 Å². The van der Waals surface area contributed by atoms with Gasteiger partial charge in [-0.15, -0.1) is 0 Å². The zero-order valence-electron chi connectivity index (χ0n) is 12.3. The Hall–Kier alpha value is -2.96. The van der Waals surface area contributed by atoms with Gasteiger partial charge in [0, 0.05) is 12.7 Å². The van der Waals surface area contributed by atoms with Gasteiger partial charge in [-0.3, -0.25) is 15.1 Å². The van der Waals surface area contributed by atoms with Crippen molar-refractivity contribution < 1.29 is 9.72 Å². The highest BCUT2D eigenvalue weighted by atomic mass is 16.6. The van der Waals surface area contributed by atoms with Gasteiger partial charge in [0.25, 0.3) is 0 Å². The number of urea groups is 1. The minimum atomic E-state index is -0.574. The van der Waals surface area contributed by atoms with Crippen molar-refractivity contribution in [3.63, 3.8) is 0 Å². The second kappa shape index (κ2) is 6.43. The summed E-state index contributed by atoms with van der Waals surface area (Å²) in [5.74, 6) is 0.891. The molecule has 1 aliphatic rings. The molecule has 2 amide bonds. The number of amides is 2. The van der Waals surface area contributed by atoms with E-state index in [0.717, 1.165) is 12.6 Å². The zero-order valence-corrected chi connectivity index (χ0v) is 12.3. The Labute approximate surface area is 132 Å². The van der Waals surface area contributed by atoms with Crippen molar-refractivity contribution in [2.24, 2.45) is 5.92 Å². The molecular weight excluding hydrogens is 296 g/mol. The number of benzene rings is 1. The minimum absolute atomic E-state index is 0.137. The van der Waals surface area contributed by atoms with Gasteiger partial charge in [-0.05, 0) is 29.9 Å². The van der Waals surface area contributed by atoms with Crippen LogP contribution in [0.3, 0.4) is 0 Å². The number of carbonyl (C=O) groups excluding carboxylic acids is 1. The van der Waals surface area contributed by atoms with Crippen LogP contribution in [0.15, 0.2) is 48.8 Å². The van der Waals surface area contributed by atoms with Crippen molar-refractivity contribution in [3.05, 3.63) is 64.5 Å². The molecule has 0 unspecified atom stereocenters. The van der Waals surface area contributed by atoms with Gasteiger partial charge in [-0.1, -0.05) is 30.3 Å². The van der Waals surface area contributed by atoms with Crippen LogP contribution in [0.1, 0.15) is 17.9 Å². The molecule has 2 atom stereocenters. The number of aromatic nitrogens is 1. The fraction of sp³-hybridized carbons (Fsp3) is 0.250. The van der Waals surface area contributed by atoms with Crippen LogP contribution in [0, 0.1) is 16.0 Å². The van der Waals surface area contributed by atoms with Gasteiger partial charge in [0.1, 0.15) is 11.9 Å². The summed E-state index contributed by atoms with van der Waals surface area (Å²) in [6.07, 6.45) is 3.55. The first-order valence-electron chi connectivity index (χ1n) is 7.33. The van der Waals surface area contributed by atoms with Crippen molar-refractivity contribution in [3.8, 4) is 0 Å². The number of anilines is 1. The molecule has 2 aromatic rings. The van der Waals surface area contributed by atoms with Crippen LogP contribution in [0.25, 0.3) is 0 Å². The Morgan fingerprint density at radius 2 is 2.09 bits per heavy atom. The number of rotatable bonds is 5. The summed E-state index contributed by atoms with van der Waals surface area (Å²) in [4.78, 5) is 25.9. The molecule has 1 aromatic heterocycles. The normalized spacial score (nSPS) is 19.0. The Kier molecular flexibility index (Phi) is 4.18. The molecule has 2 N–H and O–H groups in total. The van der Waals surface area contributed by atoms with Gasteiger partial charge in [0.05, 0.1) is 4.92 Å². The maximum atomic E-state index is 11.9. The predicted molar refractivity (Wildman–Crippen MR) is 85.2 cm³/mol. The number of nitrogens with one attached hydrogen (secondary N) is 2. The van der Waals surface area contributed by atoms with E-state index >= 15 is 0 Å². The molecule has 7 nitrogen and oxygen atoms in total. The molecular formula is C16H16N4O3. The third-order valence-electron chi connectivity index (χ3n) is 3.92. The van der Waals surface area contributed by atoms with Crippen LogP contribution >= 0.6 is 0 Å². The maximum absolute atomic E-state index is 11.9. The highest BCUT2D eigenvalue weighted by Gasteiger charge is 2.38. The van der Waals surface area contributed by atoms with Gasteiger partial charge < -0.3 is 10.6 Å². The van der Waals surface area contributed by atoms with E-state index in [0.29, 0.717) is 18.4 Å². The summed E-state index contributed by atoms with van der Waals surface area (Å²) in [6.45, 7) is 0.546. The van der Waals surface area contributed by atoms with Crippen molar-refractivity contribution in [2.45, 2.75) is 12.3 Å². The van der Waals surface area contributed by atoms with E-state index in [9.17, 15) is 14.9 Å². The van der Waals surface area contributed by atoms with E-state index in [-0.39, 0.29) is 11.4 Å². The molecule has 1 aliphatic carbocycles. The van der Waals surface area contributed by atoms with Crippen LogP contribution in [0.5, 0.6) is 0 Å². The number of hydrogen-bond acceptors (Lipinski definition) is 4. The topological polar surface area (TPSA) is 97.2 Å². The van der Waals surface area contributed by atoms with Crippen molar-refractivity contribution in [1.29, 1.82) is 0 Å². The number of nitro groups is 1. The van der Waals surface area contributed by atoms with Crippen molar-refractivity contribution >= 4 is 17.4 Å². The molecule has 1 saturated carbocycles. The molecule has 3 rings (SSSR count). The second-order valence-corrected chi connectivity index (χ2v) is 5.50. The molecule has 0 radical (unpaired) electrons. The summed E-state index contributed by atoms with van der Waals surface area (Å²) >= 11 is 0. The van der Waals surface area contributed by atoms with Crippen molar-refractivity contribution in [2.75, 3.05) is 11.9 Å². The Morgan fingerprint density at radius 1 is 1.30 bits per heavy atom.